The number of carbonyl (C=O) groups is 1. The molecule has 0 saturated carbocycles. The van der Waals surface area contributed by atoms with Gasteiger partial charge in [-0.05, 0) is 55.4 Å². The fourth-order valence-corrected chi connectivity index (χ4v) is 3.08. The van der Waals surface area contributed by atoms with Gasteiger partial charge in [-0.3, -0.25) is 9.69 Å². The highest BCUT2D eigenvalue weighted by atomic mass is 32.1. The lowest BCUT2D eigenvalue weighted by Crippen LogP contribution is -2.30. The maximum absolute atomic E-state index is 12.3. The van der Waals surface area contributed by atoms with Gasteiger partial charge in [-0.25, -0.2) is 0 Å². The van der Waals surface area contributed by atoms with Gasteiger partial charge in [-0.15, -0.1) is 0 Å². The maximum atomic E-state index is 12.3. The summed E-state index contributed by atoms with van der Waals surface area (Å²) in [5.74, 6) is 1.19. The predicted molar refractivity (Wildman–Crippen MR) is 109 cm³/mol. The van der Waals surface area contributed by atoms with E-state index in [1.165, 1.54) is 4.90 Å². The van der Waals surface area contributed by atoms with Crippen LogP contribution in [0.15, 0.2) is 54.2 Å². The Hall–Kier alpha value is -2.86. The number of thiocarbonyl (C=S) groups is 1. The van der Waals surface area contributed by atoms with Gasteiger partial charge in [0.05, 0.1) is 6.61 Å². The fraction of sp³-hybridized carbons (Fsp3) is 0.238. The lowest BCUT2D eigenvalue weighted by atomic mass is 10.1. The number of rotatable bonds is 7. The van der Waals surface area contributed by atoms with Crippen LogP contribution in [0.1, 0.15) is 25.0 Å². The van der Waals surface area contributed by atoms with Crippen LogP contribution in [0.25, 0.3) is 6.08 Å². The summed E-state index contributed by atoms with van der Waals surface area (Å²) in [6, 6.07) is 15.6. The highest BCUT2D eigenvalue weighted by molar-refractivity contribution is 7.80. The van der Waals surface area contributed by atoms with Crippen molar-refractivity contribution in [3.8, 4) is 11.5 Å². The van der Waals surface area contributed by atoms with Crippen LogP contribution in [0.5, 0.6) is 11.5 Å². The molecule has 0 bridgehead atoms. The van der Waals surface area contributed by atoms with E-state index in [1.807, 2.05) is 62.4 Å². The molecule has 140 valence electrons. The minimum absolute atomic E-state index is 0.120. The number of nitrogens with zero attached hydrogens (tertiary/aromatic N) is 1. The first-order valence-electron chi connectivity index (χ1n) is 8.90. The molecule has 6 heteroatoms. The topological polar surface area (TPSA) is 50.8 Å². The number of likely N-dealkylation sites (N-methyl/N-ethyl adjacent to an activating group) is 1. The molecule has 1 fully saturated rings. The largest absolute Gasteiger partial charge is 0.490 e. The molecule has 1 N–H and O–H groups in total. The molecule has 2 aromatic carbocycles. The zero-order valence-corrected chi connectivity index (χ0v) is 16.2. The van der Waals surface area contributed by atoms with E-state index in [1.54, 1.807) is 6.08 Å². The Balaban J connectivity index is 1.80. The van der Waals surface area contributed by atoms with Crippen molar-refractivity contribution in [3.63, 3.8) is 0 Å². The number of carbonyl (C=O) groups excluding carboxylic acids is 1. The van der Waals surface area contributed by atoms with Crippen LogP contribution >= 0.6 is 12.2 Å². The summed E-state index contributed by atoms with van der Waals surface area (Å²) in [4.78, 5) is 13.9. The van der Waals surface area contributed by atoms with E-state index >= 15 is 0 Å². The minimum atomic E-state index is -0.120. The lowest BCUT2D eigenvalue weighted by Gasteiger charge is -2.13. The Bertz CT molecular complexity index is 865. The van der Waals surface area contributed by atoms with E-state index in [9.17, 15) is 4.79 Å². The van der Waals surface area contributed by atoms with Crippen molar-refractivity contribution in [2.45, 2.75) is 20.5 Å². The number of benzene rings is 2. The number of hydrogen-bond donors (Lipinski definition) is 1. The van der Waals surface area contributed by atoms with Crippen LogP contribution in [0.4, 0.5) is 0 Å². The second-order valence-corrected chi connectivity index (χ2v) is 6.34. The number of amides is 1. The van der Waals surface area contributed by atoms with E-state index in [0.717, 1.165) is 11.1 Å². The standard InChI is InChI=1S/C21H22N2O3S/c1-3-23-20(24)17(22-21(23)27)12-16-10-11-18(19(13-16)25-4-2)26-14-15-8-6-5-7-9-15/h5-13H,3-4,14H2,1-2H3,(H,22,27)/b17-12-. The maximum Gasteiger partial charge on any atom is 0.276 e. The van der Waals surface area contributed by atoms with Gasteiger partial charge in [-0.1, -0.05) is 36.4 Å². The number of nitrogens with one attached hydrogen (secondary N) is 1. The van der Waals surface area contributed by atoms with E-state index in [4.69, 9.17) is 21.7 Å². The van der Waals surface area contributed by atoms with Gasteiger partial charge in [0.2, 0.25) is 0 Å². The summed E-state index contributed by atoms with van der Waals surface area (Å²) < 4.78 is 11.6. The Labute approximate surface area is 164 Å². The summed E-state index contributed by atoms with van der Waals surface area (Å²) >= 11 is 5.19. The first-order chi connectivity index (χ1) is 13.1. The van der Waals surface area contributed by atoms with Gasteiger partial charge in [0.25, 0.3) is 5.91 Å². The second kappa shape index (κ2) is 8.68. The number of hydrogen-bond acceptors (Lipinski definition) is 4. The van der Waals surface area contributed by atoms with E-state index < -0.39 is 0 Å². The van der Waals surface area contributed by atoms with Crippen LogP contribution in [-0.2, 0) is 11.4 Å². The van der Waals surface area contributed by atoms with Gasteiger partial charge in [-0.2, -0.15) is 0 Å². The lowest BCUT2D eigenvalue weighted by molar-refractivity contribution is -0.122. The van der Waals surface area contributed by atoms with Crippen molar-refractivity contribution >= 4 is 29.3 Å². The van der Waals surface area contributed by atoms with Crippen LogP contribution in [0, 0.1) is 0 Å². The average Bonchev–Trinajstić information content (AvgIpc) is 2.95. The molecule has 0 spiro atoms. The Morgan fingerprint density at radius 3 is 2.52 bits per heavy atom. The molecule has 0 radical (unpaired) electrons. The number of ether oxygens (including phenoxy) is 2. The minimum Gasteiger partial charge on any atom is -0.490 e. The first-order valence-corrected chi connectivity index (χ1v) is 9.31. The molecule has 27 heavy (non-hydrogen) atoms. The molecule has 5 nitrogen and oxygen atoms in total. The molecule has 3 rings (SSSR count). The van der Waals surface area contributed by atoms with Gasteiger partial charge in [0.15, 0.2) is 16.6 Å². The quantitative estimate of drug-likeness (QED) is 0.584. The normalized spacial score (nSPS) is 15.2. The van der Waals surface area contributed by atoms with Crippen LogP contribution in [0.2, 0.25) is 0 Å². The Morgan fingerprint density at radius 1 is 1.07 bits per heavy atom. The Kier molecular flexibility index (Phi) is 6.08. The van der Waals surface area contributed by atoms with E-state index in [0.29, 0.717) is 42.1 Å². The van der Waals surface area contributed by atoms with E-state index in [2.05, 4.69) is 5.32 Å². The molecule has 0 unspecified atom stereocenters. The van der Waals surface area contributed by atoms with Gasteiger partial charge in [0.1, 0.15) is 12.3 Å². The summed E-state index contributed by atoms with van der Waals surface area (Å²) in [5.41, 5.74) is 2.38. The van der Waals surface area contributed by atoms with Gasteiger partial charge in [0, 0.05) is 6.54 Å². The highest BCUT2D eigenvalue weighted by Gasteiger charge is 2.29. The third-order valence-corrected chi connectivity index (χ3v) is 4.42. The van der Waals surface area contributed by atoms with Crippen molar-refractivity contribution in [2.24, 2.45) is 0 Å². The molecular weight excluding hydrogens is 360 g/mol. The van der Waals surface area contributed by atoms with Crippen molar-refractivity contribution in [1.29, 1.82) is 0 Å². The molecule has 2 aromatic rings. The van der Waals surface area contributed by atoms with Gasteiger partial charge < -0.3 is 14.8 Å². The van der Waals surface area contributed by atoms with Crippen molar-refractivity contribution in [2.75, 3.05) is 13.2 Å². The van der Waals surface area contributed by atoms with Crippen LogP contribution in [0.3, 0.4) is 0 Å². The third kappa shape index (κ3) is 4.46. The third-order valence-electron chi connectivity index (χ3n) is 4.09. The molecular formula is C21H22N2O3S. The summed E-state index contributed by atoms with van der Waals surface area (Å²) in [6.45, 7) is 5.33. The molecule has 1 aliphatic rings. The molecule has 1 aliphatic heterocycles. The summed E-state index contributed by atoms with van der Waals surface area (Å²) in [5, 5.41) is 3.39. The van der Waals surface area contributed by atoms with Crippen molar-refractivity contribution in [1.82, 2.24) is 10.2 Å². The summed E-state index contributed by atoms with van der Waals surface area (Å²) in [7, 11) is 0. The molecule has 0 aromatic heterocycles. The molecule has 1 heterocycles. The van der Waals surface area contributed by atoms with E-state index in [-0.39, 0.29) is 5.91 Å². The monoisotopic (exact) mass is 382 g/mol. The Morgan fingerprint density at radius 2 is 1.85 bits per heavy atom. The SMILES string of the molecule is CCOc1cc(/C=C2\NC(=S)N(CC)C2=O)ccc1OCc1ccccc1. The predicted octanol–water partition coefficient (Wildman–Crippen LogP) is 3.74. The van der Waals surface area contributed by atoms with Crippen LogP contribution < -0.4 is 14.8 Å². The smallest absolute Gasteiger partial charge is 0.276 e. The van der Waals surface area contributed by atoms with Crippen molar-refractivity contribution < 1.29 is 14.3 Å². The average molecular weight is 382 g/mol. The molecule has 1 amide bonds. The zero-order valence-electron chi connectivity index (χ0n) is 15.4. The van der Waals surface area contributed by atoms with Crippen molar-refractivity contribution in [3.05, 3.63) is 65.4 Å². The zero-order chi connectivity index (χ0) is 19.2. The van der Waals surface area contributed by atoms with Crippen LogP contribution in [-0.4, -0.2) is 29.1 Å². The molecule has 0 aliphatic carbocycles. The second-order valence-electron chi connectivity index (χ2n) is 5.95. The summed E-state index contributed by atoms with van der Waals surface area (Å²) in [6.07, 6.45) is 1.77. The first kappa shape index (κ1) is 18.9. The fourth-order valence-electron chi connectivity index (χ4n) is 2.76. The van der Waals surface area contributed by atoms with Gasteiger partial charge >= 0.3 is 0 Å². The highest BCUT2D eigenvalue weighted by Crippen LogP contribution is 2.30. The molecule has 1 saturated heterocycles. The molecule has 0 atom stereocenters.